The van der Waals surface area contributed by atoms with Crippen molar-refractivity contribution in [2.45, 2.75) is 18.6 Å². The van der Waals surface area contributed by atoms with E-state index in [1.807, 2.05) is 30.3 Å². The van der Waals surface area contributed by atoms with Crippen LogP contribution in [0.15, 0.2) is 34.9 Å². The summed E-state index contributed by atoms with van der Waals surface area (Å²) >= 11 is 7.40. The van der Waals surface area contributed by atoms with Gasteiger partial charge in [0.2, 0.25) is 5.91 Å². The SMILES string of the molecule is O=C(CSCc1cc(-c2ccc(Cl)cc2)no1)NCC1CC1. The number of nitrogens with zero attached hydrogens (tertiary/aromatic N) is 1. The van der Waals surface area contributed by atoms with E-state index >= 15 is 0 Å². The van der Waals surface area contributed by atoms with E-state index in [0.29, 0.717) is 22.4 Å². The third-order valence-electron chi connectivity index (χ3n) is 3.46. The third-order valence-corrected chi connectivity index (χ3v) is 4.67. The van der Waals surface area contributed by atoms with Crippen LogP contribution in [0.1, 0.15) is 18.6 Å². The van der Waals surface area contributed by atoms with E-state index in [1.54, 1.807) is 0 Å². The van der Waals surface area contributed by atoms with Crippen LogP contribution in [-0.2, 0) is 10.5 Å². The predicted molar refractivity (Wildman–Crippen MR) is 88.8 cm³/mol. The van der Waals surface area contributed by atoms with Gasteiger partial charge in [-0.1, -0.05) is 28.9 Å². The van der Waals surface area contributed by atoms with Crippen LogP contribution >= 0.6 is 23.4 Å². The number of carbonyl (C=O) groups excluding carboxylic acids is 1. The molecule has 1 aliphatic rings. The highest BCUT2D eigenvalue weighted by Crippen LogP contribution is 2.27. The smallest absolute Gasteiger partial charge is 0.230 e. The second kappa shape index (κ2) is 7.20. The van der Waals surface area contributed by atoms with E-state index in [0.717, 1.165) is 23.6 Å². The Bertz CT molecular complexity index is 638. The van der Waals surface area contributed by atoms with Crippen molar-refractivity contribution >= 4 is 29.3 Å². The highest BCUT2D eigenvalue weighted by molar-refractivity contribution is 7.99. The maximum absolute atomic E-state index is 11.6. The van der Waals surface area contributed by atoms with Crippen molar-refractivity contribution in [2.24, 2.45) is 5.92 Å². The summed E-state index contributed by atoms with van der Waals surface area (Å²) in [6.45, 7) is 0.822. The molecule has 0 saturated heterocycles. The second-order valence-electron chi connectivity index (χ2n) is 5.43. The molecule has 22 heavy (non-hydrogen) atoms. The van der Waals surface area contributed by atoms with Crippen LogP contribution in [0.4, 0.5) is 0 Å². The third kappa shape index (κ3) is 4.52. The minimum Gasteiger partial charge on any atom is -0.360 e. The molecular weight excluding hydrogens is 320 g/mol. The van der Waals surface area contributed by atoms with Crippen LogP contribution in [0.25, 0.3) is 11.3 Å². The molecule has 0 spiro atoms. The number of thioether (sulfide) groups is 1. The van der Waals surface area contributed by atoms with E-state index in [1.165, 1.54) is 24.6 Å². The zero-order valence-electron chi connectivity index (χ0n) is 12.0. The highest BCUT2D eigenvalue weighted by atomic mass is 35.5. The first-order valence-electron chi connectivity index (χ1n) is 7.26. The van der Waals surface area contributed by atoms with Gasteiger partial charge in [-0.05, 0) is 30.9 Å². The fraction of sp³-hybridized carbons (Fsp3) is 0.375. The number of hydrogen-bond donors (Lipinski definition) is 1. The van der Waals surface area contributed by atoms with Gasteiger partial charge in [-0.3, -0.25) is 4.79 Å². The molecular formula is C16H17ClN2O2S. The molecule has 116 valence electrons. The number of halogens is 1. The molecule has 0 aliphatic heterocycles. The van der Waals surface area contributed by atoms with Crippen LogP contribution in [-0.4, -0.2) is 23.4 Å². The van der Waals surface area contributed by atoms with Crippen molar-refractivity contribution in [1.29, 1.82) is 0 Å². The molecule has 1 amide bonds. The van der Waals surface area contributed by atoms with Gasteiger partial charge in [0.15, 0.2) is 0 Å². The van der Waals surface area contributed by atoms with Crippen molar-refractivity contribution < 1.29 is 9.32 Å². The molecule has 0 radical (unpaired) electrons. The lowest BCUT2D eigenvalue weighted by Crippen LogP contribution is -2.27. The van der Waals surface area contributed by atoms with Crippen molar-refractivity contribution in [1.82, 2.24) is 10.5 Å². The average molecular weight is 337 g/mol. The lowest BCUT2D eigenvalue weighted by molar-refractivity contribution is -0.118. The zero-order chi connectivity index (χ0) is 15.4. The van der Waals surface area contributed by atoms with Crippen LogP contribution < -0.4 is 5.32 Å². The summed E-state index contributed by atoms with van der Waals surface area (Å²) in [6.07, 6.45) is 2.50. The zero-order valence-corrected chi connectivity index (χ0v) is 13.6. The van der Waals surface area contributed by atoms with Crippen LogP contribution in [0.3, 0.4) is 0 Å². The number of nitrogens with one attached hydrogen (secondary N) is 1. The lowest BCUT2D eigenvalue weighted by atomic mass is 10.1. The summed E-state index contributed by atoms with van der Waals surface area (Å²) in [5.74, 6) is 2.66. The topological polar surface area (TPSA) is 55.1 Å². The first-order chi connectivity index (χ1) is 10.7. The Labute approximate surface area is 138 Å². The Morgan fingerprint density at radius 3 is 2.86 bits per heavy atom. The molecule has 6 heteroatoms. The van der Waals surface area contributed by atoms with Gasteiger partial charge in [-0.25, -0.2) is 0 Å². The molecule has 0 bridgehead atoms. The van der Waals surface area contributed by atoms with Gasteiger partial charge >= 0.3 is 0 Å². The molecule has 1 saturated carbocycles. The Balaban J connectivity index is 1.45. The summed E-state index contributed by atoms with van der Waals surface area (Å²) in [4.78, 5) is 11.6. The molecule has 3 rings (SSSR count). The Morgan fingerprint density at radius 1 is 1.36 bits per heavy atom. The maximum atomic E-state index is 11.6. The Kier molecular flexibility index (Phi) is 5.05. The van der Waals surface area contributed by atoms with Crippen molar-refractivity contribution in [3.63, 3.8) is 0 Å². The monoisotopic (exact) mass is 336 g/mol. The second-order valence-corrected chi connectivity index (χ2v) is 6.85. The van der Waals surface area contributed by atoms with Gasteiger partial charge in [0.25, 0.3) is 0 Å². The number of hydrogen-bond acceptors (Lipinski definition) is 4. The summed E-state index contributed by atoms with van der Waals surface area (Å²) in [5.41, 5.74) is 1.75. The number of benzene rings is 1. The molecule has 1 aliphatic carbocycles. The van der Waals surface area contributed by atoms with Gasteiger partial charge in [0.1, 0.15) is 11.5 Å². The highest BCUT2D eigenvalue weighted by Gasteiger charge is 2.21. The summed E-state index contributed by atoms with van der Waals surface area (Å²) < 4.78 is 5.30. The summed E-state index contributed by atoms with van der Waals surface area (Å²) in [7, 11) is 0. The van der Waals surface area contributed by atoms with E-state index in [-0.39, 0.29) is 5.91 Å². The van der Waals surface area contributed by atoms with E-state index in [2.05, 4.69) is 10.5 Å². The Hall–Kier alpha value is -1.46. The van der Waals surface area contributed by atoms with E-state index in [4.69, 9.17) is 16.1 Å². The number of aromatic nitrogens is 1. The normalized spacial score (nSPS) is 14.0. The molecule has 1 heterocycles. The quantitative estimate of drug-likeness (QED) is 0.836. The minimum atomic E-state index is 0.0920. The fourth-order valence-corrected chi connectivity index (χ4v) is 2.87. The molecule has 1 N–H and O–H groups in total. The molecule has 1 aromatic heterocycles. The largest absolute Gasteiger partial charge is 0.360 e. The van der Waals surface area contributed by atoms with Gasteiger partial charge in [-0.2, -0.15) is 0 Å². The molecule has 0 atom stereocenters. The van der Waals surface area contributed by atoms with Gasteiger partial charge in [0.05, 0.1) is 11.5 Å². The summed E-state index contributed by atoms with van der Waals surface area (Å²) in [5, 5.41) is 7.69. The molecule has 4 nitrogen and oxygen atoms in total. The van der Waals surface area contributed by atoms with Gasteiger partial charge in [0, 0.05) is 23.2 Å². The molecule has 1 aromatic carbocycles. The standard InChI is InChI=1S/C16H17ClN2O2S/c17-13-5-3-12(4-6-13)15-7-14(21-19-15)9-22-10-16(20)18-8-11-1-2-11/h3-7,11H,1-2,8-10H2,(H,18,20). The molecule has 2 aromatic rings. The predicted octanol–water partition coefficient (Wildman–Crippen LogP) is 3.75. The van der Waals surface area contributed by atoms with Crippen LogP contribution in [0.2, 0.25) is 5.02 Å². The van der Waals surface area contributed by atoms with E-state index in [9.17, 15) is 4.79 Å². The number of amides is 1. The molecule has 1 fully saturated rings. The number of carbonyl (C=O) groups is 1. The first kappa shape index (κ1) is 15.4. The van der Waals surface area contributed by atoms with Crippen molar-refractivity contribution in [2.75, 3.05) is 12.3 Å². The molecule has 0 unspecified atom stereocenters. The van der Waals surface area contributed by atoms with Crippen LogP contribution in [0, 0.1) is 5.92 Å². The van der Waals surface area contributed by atoms with Crippen molar-refractivity contribution in [3.8, 4) is 11.3 Å². The minimum absolute atomic E-state index is 0.0920. The number of rotatable bonds is 7. The van der Waals surface area contributed by atoms with Crippen LogP contribution in [0.5, 0.6) is 0 Å². The average Bonchev–Trinajstić information content (AvgIpc) is 3.24. The lowest BCUT2D eigenvalue weighted by Gasteiger charge is -2.02. The maximum Gasteiger partial charge on any atom is 0.230 e. The van der Waals surface area contributed by atoms with Gasteiger partial charge < -0.3 is 9.84 Å². The van der Waals surface area contributed by atoms with E-state index < -0.39 is 0 Å². The van der Waals surface area contributed by atoms with Gasteiger partial charge in [-0.15, -0.1) is 11.8 Å². The summed E-state index contributed by atoms with van der Waals surface area (Å²) in [6, 6.07) is 9.36. The first-order valence-corrected chi connectivity index (χ1v) is 8.80. The Morgan fingerprint density at radius 2 is 2.14 bits per heavy atom. The van der Waals surface area contributed by atoms with Crippen molar-refractivity contribution in [3.05, 3.63) is 41.1 Å². The fourth-order valence-electron chi connectivity index (χ4n) is 2.01.